The van der Waals surface area contributed by atoms with Crippen LogP contribution in [0, 0.1) is 0 Å². The molecule has 1 heterocycles. The first-order valence-corrected chi connectivity index (χ1v) is 10.9. The highest BCUT2D eigenvalue weighted by atomic mass is 16.2. The number of hydrogen-bond acceptors (Lipinski definition) is 2. The number of benzene rings is 3. The quantitative estimate of drug-likeness (QED) is 0.593. The van der Waals surface area contributed by atoms with Crippen LogP contribution in [-0.4, -0.2) is 11.8 Å². The second-order valence-corrected chi connectivity index (χ2v) is 8.05. The van der Waals surface area contributed by atoms with Crippen molar-refractivity contribution in [3.05, 3.63) is 107 Å². The van der Waals surface area contributed by atoms with Gasteiger partial charge in [0.2, 0.25) is 5.91 Å². The van der Waals surface area contributed by atoms with E-state index < -0.39 is 11.5 Å². The minimum Gasteiger partial charge on any atom is -0.349 e. The Morgan fingerprint density at radius 1 is 0.935 bits per heavy atom. The van der Waals surface area contributed by atoms with Gasteiger partial charge >= 0.3 is 0 Å². The molecule has 3 atom stereocenters. The van der Waals surface area contributed by atoms with Gasteiger partial charge in [-0.3, -0.25) is 9.59 Å². The Labute approximate surface area is 183 Å². The van der Waals surface area contributed by atoms with Gasteiger partial charge in [0.05, 0.1) is 17.5 Å². The van der Waals surface area contributed by atoms with Crippen LogP contribution >= 0.6 is 0 Å². The highest BCUT2D eigenvalue weighted by Gasteiger charge is 2.50. The van der Waals surface area contributed by atoms with Crippen LogP contribution in [0.25, 0.3) is 0 Å². The van der Waals surface area contributed by atoms with Gasteiger partial charge in [0.1, 0.15) is 0 Å². The second-order valence-electron chi connectivity index (χ2n) is 8.05. The van der Waals surface area contributed by atoms with Crippen LogP contribution in [0.4, 0.5) is 0 Å². The van der Waals surface area contributed by atoms with E-state index in [0.717, 1.165) is 23.1 Å². The Kier molecular flexibility index (Phi) is 5.90. The zero-order valence-electron chi connectivity index (χ0n) is 18.0. The van der Waals surface area contributed by atoms with Crippen LogP contribution in [-0.2, 0) is 10.3 Å². The minimum absolute atomic E-state index is 0.0751. The number of hydrogen-bond donors (Lipinski definition) is 2. The number of carbonyl (C=O) groups is 2. The molecule has 31 heavy (non-hydrogen) atoms. The first-order chi connectivity index (χ1) is 15.1. The zero-order valence-corrected chi connectivity index (χ0v) is 18.0. The van der Waals surface area contributed by atoms with E-state index >= 15 is 0 Å². The molecule has 4 rings (SSSR count). The second kappa shape index (κ2) is 8.76. The van der Waals surface area contributed by atoms with E-state index in [1.807, 2.05) is 85.8 Å². The number of nitrogens with one attached hydrogen (secondary N) is 2. The molecule has 0 aliphatic carbocycles. The Balaban J connectivity index is 1.81. The van der Waals surface area contributed by atoms with Gasteiger partial charge in [-0.15, -0.1) is 0 Å². The highest BCUT2D eigenvalue weighted by molar-refractivity contribution is 6.02. The van der Waals surface area contributed by atoms with Crippen LogP contribution in [0.3, 0.4) is 0 Å². The molecule has 4 heteroatoms. The van der Waals surface area contributed by atoms with Crippen molar-refractivity contribution in [2.75, 3.05) is 0 Å². The number of rotatable bonds is 6. The van der Waals surface area contributed by atoms with Gasteiger partial charge in [-0.25, -0.2) is 0 Å². The molecule has 0 bridgehead atoms. The summed E-state index contributed by atoms with van der Waals surface area (Å²) < 4.78 is 0. The fraction of sp³-hybridized carbons (Fsp3) is 0.259. The lowest BCUT2D eigenvalue weighted by Gasteiger charge is -2.45. The van der Waals surface area contributed by atoms with Crippen molar-refractivity contribution >= 4 is 11.8 Å². The summed E-state index contributed by atoms with van der Waals surface area (Å²) in [5.74, 6) is -0.749. The summed E-state index contributed by atoms with van der Waals surface area (Å²) in [7, 11) is 0. The lowest BCUT2D eigenvalue weighted by Crippen LogP contribution is -2.57. The minimum atomic E-state index is -0.814. The smallest absolute Gasteiger partial charge is 0.252 e. The van der Waals surface area contributed by atoms with Crippen LogP contribution in [0.2, 0.25) is 0 Å². The molecular weight excluding hydrogens is 384 g/mol. The Hall–Kier alpha value is -3.40. The zero-order chi connectivity index (χ0) is 21.8. The lowest BCUT2D eigenvalue weighted by atomic mass is 9.68. The van der Waals surface area contributed by atoms with Crippen molar-refractivity contribution in [2.24, 2.45) is 0 Å². The van der Waals surface area contributed by atoms with Crippen molar-refractivity contribution in [2.45, 2.75) is 44.2 Å². The predicted octanol–water partition coefficient (Wildman–Crippen LogP) is 5.09. The predicted molar refractivity (Wildman–Crippen MR) is 123 cm³/mol. The summed E-state index contributed by atoms with van der Waals surface area (Å²) in [5, 5.41) is 6.49. The van der Waals surface area contributed by atoms with Gasteiger partial charge < -0.3 is 10.6 Å². The first-order valence-electron chi connectivity index (χ1n) is 10.9. The maximum absolute atomic E-state index is 13.9. The van der Waals surface area contributed by atoms with Gasteiger partial charge in [0.25, 0.3) is 5.91 Å². The van der Waals surface area contributed by atoms with E-state index in [-0.39, 0.29) is 17.9 Å². The summed E-state index contributed by atoms with van der Waals surface area (Å²) in [4.78, 5) is 27.0. The number of fused-ring (bicyclic) bond motifs is 1. The van der Waals surface area contributed by atoms with Crippen LogP contribution < -0.4 is 10.6 Å². The van der Waals surface area contributed by atoms with E-state index in [2.05, 4.69) is 17.6 Å². The molecule has 0 spiro atoms. The summed E-state index contributed by atoms with van der Waals surface area (Å²) in [5.41, 5.74) is 2.54. The molecule has 0 aromatic heterocycles. The molecule has 4 nitrogen and oxygen atoms in total. The van der Waals surface area contributed by atoms with E-state index in [1.54, 1.807) is 6.07 Å². The van der Waals surface area contributed by atoms with E-state index in [9.17, 15) is 9.59 Å². The molecule has 3 aromatic carbocycles. The van der Waals surface area contributed by atoms with Crippen molar-refractivity contribution in [1.82, 2.24) is 10.6 Å². The molecule has 158 valence electrons. The summed E-state index contributed by atoms with van der Waals surface area (Å²) in [6, 6.07) is 27.2. The summed E-state index contributed by atoms with van der Waals surface area (Å²) in [6.07, 6.45) is 1.37. The maximum atomic E-state index is 13.9. The third-order valence-electron chi connectivity index (χ3n) is 6.38. The van der Waals surface area contributed by atoms with E-state index in [0.29, 0.717) is 12.0 Å². The fourth-order valence-corrected chi connectivity index (χ4v) is 4.76. The van der Waals surface area contributed by atoms with Crippen molar-refractivity contribution in [3.63, 3.8) is 0 Å². The van der Waals surface area contributed by atoms with Crippen LogP contribution in [0.5, 0.6) is 0 Å². The van der Waals surface area contributed by atoms with Crippen molar-refractivity contribution < 1.29 is 9.59 Å². The molecule has 2 unspecified atom stereocenters. The third-order valence-corrected chi connectivity index (χ3v) is 6.38. The number of carbonyl (C=O) groups excluding carboxylic acids is 2. The molecule has 0 radical (unpaired) electrons. The number of amides is 2. The van der Waals surface area contributed by atoms with Crippen molar-refractivity contribution in [1.29, 1.82) is 0 Å². The molecule has 1 aliphatic heterocycles. The Bertz CT molecular complexity index is 1060. The topological polar surface area (TPSA) is 58.2 Å². The van der Waals surface area contributed by atoms with Gasteiger partial charge in [0, 0.05) is 5.56 Å². The normalized spacial score (nSPS) is 21.0. The average molecular weight is 413 g/mol. The molecule has 1 aliphatic rings. The Morgan fingerprint density at radius 3 is 2.19 bits per heavy atom. The molecule has 2 amide bonds. The molecule has 3 aromatic rings. The largest absolute Gasteiger partial charge is 0.349 e. The third kappa shape index (κ3) is 3.74. The van der Waals surface area contributed by atoms with Gasteiger partial charge in [-0.05, 0) is 35.6 Å². The monoisotopic (exact) mass is 412 g/mol. The maximum Gasteiger partial charge on any atom is 0.252 e. The SMILES string of the molecule is CC[C@H](NC(=O)C1c2ccccc2C(=O)NC1(CC)c1ccccc1)c1ccccc1. The lowest BCUT2D eigenvalue weighted by molar-refractivity contribution is -0.125. The summed E-state index contributed by atoms with van der Waals surface area (Å²) in [6.45, 7) is 4.09. The average Bonchev–Trinajstić information content (AvgIpc) is 2.83. The molecule has 0 fully saturated rings. The molecule has 2 N–H and O–H groups in total. The first kappa shape index (κ1) is 20.9. The van der Waals surface area contributed by atoms with E-state index in [1.165, 1.54) is 0 Å². The van der Waals surface area contributed by atoms with Gasteiger partial charge in [-0.1, -0.05) is 92.7 Å². The van der Waals surface area contributed by atoms with Crippen LogP contribution in [0.15, 0.2) is 84.9 Å². The molecular formula is C27H28N2O2. The Morgan fingerprint density at radius 2 is 1.55 bits per heavy atom. The molecule has 0 saturated heterocycles. The van der Waals surface area contributed by atoms with E-state index in [4.69, 9.17) is 0 Å². The van der Waals surface area contributed by atoms with Crippen LogP contribution in [0.1, 0.15) is 65.7 Å². The van der Waals surface area contributed by atoms with Gasteiger partial charge in [0.15, 0.2) is 0 Å². The fourth-order valence-electron chi connectivity index (χ4n) is 4.76. The van der Waals surface area contributed by atoms with Gasteiger partial charge in [-0.2, -0.15) is 0 Å². The van der Waals surface area contributed by atoms with Crippen molar-refractivity contribution in [3.8, 4) is 0 Å². The molecule has 0 saturated carbocycles. The standard InChI is InChI=1S/C27H28N2O2/c1-3-23(19-13-7-5-8-14-19)28-26(31)24-21-17-11-12-18-22(21)25(30)29-27(24,4-2)20-15-9-6-10-16-20/h5-18,23-24H,3-4H2,1-2H3,(H,28,31)(H,29,30)/t23-,24?,27?/m0/s1. The highest BCUT2D eigenvalue weighted by Crippen LogP contribution is 2.44. The summed E-state index contributed by atoms with van der Waals surface area (Å²) >= 11 is 0.